The van der Waals surface area contributed by atoms with Gasteiger partial charge in [0.15, 0.2) is 0 Å². The van der Waals surface area contributed by atoms with E-state index in [4.69, 9.17) is 34.8 Å². The van der Waals surface area contributed by atoms with Gasteiger partial charge in [-0.3, -0.25) is 25.2 Å². The quantitative estimate of drug-likeness (QED) is 0.334. The number of hydrogen-bond acceptors (Lipinski definition) is 5. The fourth-order valence-electron chi connectivity index (χ4n) is 1.91. The average molecular weight is 404 g/mol. The highest BCUT2D eigenvalue weighted by Gasteiger charge is 2.34. The topological polar surface area (TPSA) is 97.2 Å². The second-order valence-electron chi connectivity index (χ2n) is 4.95. The molecule has 10 heteroatoms. The zero-order valence-corrected chi connectivity index (χ0v) is 14.9. The summed E-state index contributed by atoms with van der Waals surface area (Å²) in [5, 5.41) is 16.1. The number of benzene rings is 1. The van der Waals surface area contributed by atoms with E-state index in [-0.39, 0.29) is 17.8 Å². The average Bonchev–Trinajstić information content (AvgIpc) is 2.58. The first-order chi connectivity index (χ1) is 11.8. The van der Waals surface area contributed by atoms with Crippen molar-refractivity contribution in [1.29, 1.82) is 0 Å². The molecule has 0 saturated carbocycles. The summed E-state index contributed by atoms with van der Waals surface area (Å²) in [5.41, 5.74) is 0.776. The van der Waals surface area contributed by atoms with Crippen molar-refractivity contribution in [2.45, 2.75) is 16.5 Å². The Kier molecular flexibility index (Phi) is 6.55. The van der Waals surface area contributed by atoms with E-state index in [0.717, 1.165) is 0 Å². The zero-order chi connectivity index (χ0) is 18.4. The van der Waals surface area contributed by atoms with Crippen molar-refractivity contribution in [1.82, 2.24) is 15.6 Å². The summed E-state index contributed by atoms with van der Waals surface area (Å²) in [7, 11) is 0. The molecule has 0 saturated heterocycles. The molecule has 1 atom stereocenters. The van der Waals surface area contributed by atoms with Gasteiger partial charge in [0.05, 0.1) is 10.6 Å². The van der Waals surface area contributed by atoms with Crippen molar-refractivity contribution in [3.63, 3.8) is 0 Å². The first-order valence-electron chi connectivity index (χ1n) is 7.02. The maximum Gasteiger partial charge on any atom is 0.269 e. The van der Waals surface area contributed by atoms with Crippen LogP contribution < -0.4 is 10.6 Å². The number of carbonyl (C=O) groups excluding carboxylic acids is 1. The zero-order valence-electron chi connectivity index (χ0n) is 12.7. The van der Waals surface area contributed by atoms with Crippen LogP contribution in [0.2, 0.25) is 0 Å². The summed E-state index contributed by atoms with van der Waals surface area (Å²) in [6, 6.07) is 10.4. The fraction of sp³-hybridized carbons (Fsp3) is 0.200. The molecule has 0 aliphatic heterocycles. The minimum atomic E-state index is -1.81. The van der Waals surface area contributed by atoms with Gasteiger partial charge in [0.2, 0.25) is 3.79 Å². The molecule has 0 aliphatic rings. The number of nitro benzene ring substituents is 1. The lowest BCUT2D eigenvalue weighted by Crippen LogP contribution is -2.53. The molecule has 1 amide bonds. The van der Waals surface area contributed by atoms with Gasteiger partial charge < -0.3 is 5.32 Å². The van der Waals surface area contributed by atoms with Crippen LogP contribution in [0.5, 0.6) is 0 Å². The van der Waals surface area contributed by atoms with Crippen molar-refractivity contribution >= 4 is 46.4 Å². The van der Waals surface area contributed by atoms with Crippen molar-refractivity contribution in [3.8, 4) is 0 Å². The second-order valence-corrected chi connectivity index (χ2v) is 7.32. The van der Waals surface area contributed by atoms with Crippen LogP contribution in [0, 0.1) is 10.1 Å². The van der Waals surface area contributed by atoms with Gasteiger partial charge >= 0.3 is 0 Å². The molecule has 2 rings (SSSR count). The number of nitro groups is 1. The van der Waals surface area contributed by atoms with Crippen molar-refractivity contribution in [2.75, 3.05) is 0 Å². The number of hydrogen-bond donors (Lipinski definition) is 2. The van der Waals surface area contributed by atoms with Crippen molar-refractivity contribution < 1.29 is 9.72 Å². The van der Waals surface area contributed by atoms with E-state index >= 15 is 0 Å². The lowest BCUT2D eigenvalue weighted by atomic mass is 10.2. The van der Waals surface area contributed by atoms with Crippen LogP contribution in [0.25, 0.3) is 0 Å². The Morgan fingerprint density at radius 2 is 1.88 bits per heavy atom. The highest BCUT2D eigenvalue weighted by Crippen LogP contribution is 2.29. The summed E-state index contributed by atoms with van der Waals surface area (Å²) in [6.07, 6.45) is 0.624. The molecule has 0 aliphatic carbocycles. The van der Waals surface area contributed by atoms with Crippen LogP contribution in [0.15, 0.2) is 48.7 Å². The Morgan fingerprint density at radius 1 is 1.20 bits per heavy atom. The molecule has 1 heterocycles. The van der Waals surface area contributed by atoms with Gasteiger partial charge in [0, 0.05) is 30.4 Å². The summed E-state index contributed by atoms with van der Waals surface area (Å²) >= 11 is 17.7. The number of nitrogens with zero attached hydrogens (tertiary/aromatic N) is 2. The molecular weight excluding hydrogens is 391 g/mol. The van der Waals surface area contributed by atoms with E-state index in [1.165, 1.54) is 24.3 Å². The third kappa shape index (κ3) is 5.82. The number of non-ortho nitro benzene ring substituents is 1. The van der Waals surface area contributed by atoms with Crippen LogP contribution in [0.3, 0.4) is 0 Å². The Morgan fingerprint density at radius 3 is 2.40 bits per heavy atom. The summed E-state index contributed by atoms with van der Waals surface area (Å²) < 4.78 is -1.81. The monoisotopic (exact) mass is 402 g/mol. The van der Waals surface area contributed by atoms with Crippen molar-refractivity contribution in [3.05, 3.63) is 70.0 Å². The minimum absolute atomic E-state index is 0.122. The Hall–Kier alpha value is -1.93. The van der Waals surface area contributed by atoms with E-state index in [1.807, 2.05) is 6.07 Å². The van der Waals surface area contributed by atoms with Crippen LogP contribution >= 0.6 is 34.8 Å². The molecule has 2 N–H and O–H groups in total. The maximum absolute atomic E-state index is 12.3. The lowest BCUT2D eigenvalue weighted by molar-refractivity contribution is -0.384. The second kappa shape index (κ2) is 8.44. The molecule has 0 spiro atoms. The third-order valence-corrected chi connectivity index (χ3v) is 3.81. The highest BCUT2D eigenvalue weighted by atomic mass is 35.6. The fourth-order valence-corrected chi connectivity index (χ4v) is 2.30. The van der Waals surface area contributed by atoms with Crippen LogP contribution in [-0.4, -0.2) is 25.8 Å². The number of aromatic nitrogens is 1. The van der Waals surface area contributed by atoms with Gasteiger partial charge in [-0.25, -0.2) is 0 Å². The predicted octanol–water partition coefficient (Wildman–Crippen LogP) is 3.21. The molecule has 7 nitrogen and oxygen atoms in total. The van der Waals surface area contributed by atoms with E-state index in [2.05, 4.69) is 15.6 Å². The number of carbonyl (C=O) groups is 1. The smallest absolute Gasteiger partial charge is 0.269 e. The van der Waals surface area contributed by atoms with E-state index in [1.54, 1.807) is 18.3 Å². The normalized spacial score (nSPS) is 12.4. The van der Waals surface area contributed by atoms with E-state index < -0.39 is 20.8 Å². The molecule has 0 radical (unpaired) electrons. The number of pyridine rings is 1. The van der Waals surface area contributed by atoms with Crippen LogP contribution in [-0.2, 0) is 6.54 Å². The van der Waals surface area contributed by atoms with Gasteiger partial charge in [-0.05, 0) is 24.3 Å². The van der Waals surface area contributed by atoms with Crippen molar-refractivity contribution in [2.24, 2.45) is 0 Å². The Balaban J connectivity index is 2.05. The molecule has 1 aromatic carbocycles. The molecule has 1 aromatic heterocycles. The molecule has 0 fully saturated rings. The minimum Gasteiger partial charge on any atom is -0.333 e. The van der Waals surface area contributed by atoms with E-state index in [9.17, 15) is 14.9 Å². The number of rotatable bonds is 6. The molecule has 25 heavy (non-hydrogen) atoms. The highest BCUT2D eigenvalue weighted by molar-refractivity contribution is 6.68. The molecule has 1 unspecified atom stereocenters. The van der Waals surface area contributed by atoms with Gasteiger partial charge in [0.25, 0.3) is 11.6 Å². The van der Waals surface area contributed by atoms with Crippen LogP contribution in [0.1, 0.15) is 16.1 Å². The summed E-state index contributed by atoms with van der Waals surface area (Å²) in [4.78, 5) is 26.5. The standard InChI is InChI=1S/C15H13Cl3N4O3/c16-15(17,18)14(20-9-11-3-1-2-8-19-11)21-13(23)10-4-6-12(7-5-10)22(24)25/h1-8,14,20H,9H2,(H,21,23). The maximum atomic E-state index is 12.3. The SMILES string of the molecule is O=C(NC(NCc1ccccn1)C(Cl)(Cl)Cl)c1ccc([N+](=O)[O-])cc1. The summed E-state index contributed by atoms with van der Waals surface area (Å²) in [6.45, 7) is 0.264. The third-order valence-electron chi connectivity index (χ3n) is 3.16. The number of amides is 1. The van der Waals surface area contributed by atoms with Gasteiger partial charge in [-0.2, -0.15) is 0 Å². The van der Waals surface area contributed by atoms with Gasteiger partial charge in [0.1, 0.15) is 6.17 Å². The molecule has 2 aromatic rings. The Bertz CT molecular complexity index is 736. The molecule has 0 bridgehead atoms. The largest absolute Gasteiger partial charge is 0.333 e. The first kappa shape index (κ1) is 19.4. The lowest BCUT2D eigenvalue weighted by Gasteiger charge is -2.26. The summed E-state index contributed by atoms with van der Waals surface area (Å²) in [5.74, 6) is -0.542. The van der Waals surface area contributed by atoms with Gasteiger partial charge in [-0.15, -0.1) is 0 Å². The first-order valence-corrected chi connectivity index (χ1v) is 8.16. The molecule has 132 valence electrons. The van der Waals surface area contributed by atoms with Crippen LogP contribution in [0.4, 0.5) is 5.69 Å². The van der Waals surface area contributed by atoms with Gasteiger partial charge in [-0.1, -0.05) is 40.9 Å². The van der Waals surface area contributed by atoms with E-state index in [0.29, 0.717) is 5.69 Å². The number of alkyl halides is 3. The predicted molar refractivity (Wildman–Crippen MR) is 95.7 cm³/mol. The number of halogens is 3. The Labute approximate surface area is 158 Å². The molecular formula is C15H13Cl3N4O3. The number of nitrogens with one attached hydrogen (secondary N) is 2.